The highest BCUT2D eigenvalue weighted by Crippen LogP contribution is 2.32. The zero-order valence-corrected chi connectivity index (χ0v) is 17.4. The molecule has 0 aromatic carbocycles. The molecular weight excluding hydrogens is 417 g/mol. The Kier molecular flexibility index (Phi) is 5.54. The van der Waals surface area contributed by atoms with E-state index in [2.05, 4.69) is 25.3 Å². The van der Waals surface area contributed by atoms with Crippen LogP contribution in [0.1, 0.15) is 25.7 Å². The average molecular weight is 438 g/mol. The van der Waals surface area contributed by atoms with E-state index in [4.69, 9.17) is 11.6 Å². The Morgan fingerprint density at radius 2 is 2.28 bits per heavy atom. The van der Waals surface area contributed by atoms with Crippen molar-refractivity contribution in [3.8, 4) is 11.4 Å². The zero-order valence-electron chi connectivity index (χ0n) is 15.8. The van der Waals surface area contributed by atoms with Crippen LogP contribution in [0.5, 0.6) is 0 Å². The topological polar surface area (TPSA) is 104 Å². The maximum absolute atomic E-state index is 14.4. The Balaban J connectivity index is 1.60. The lowest BCUT2D eigenvalue weighted by molar-refractivity contribution is 0.0222. The molecule has 10 heteroatoms. The lowest BCUT2D eigenvalue weighted by atomic mass is 9.83. The Bertz CT molecular complexity index is 1080. The first-order valence-electron chi connectivity index (χ1n) is 9.27. The van der Waals surface area contributed by atoms with E-state index < -0.39 is 22.2 Å². The SMILES string of the molecule is CS(=O)CC1(O)CCC[C@@H](Nc2nc(-c3c[nH]c4ncc(Cl)cc34)ncc2F)C1. The minimum absolute atomic E-state index is 0.0752. The fraction of sp³-hybridized carbons (Fsp3) is 0.421. The third kappa shape index (κ3) is 4.41. The quantitative estimate of drug-likeness (QED) is 0.566. The highest BCUT2D eigenvalue weighted by atomic mass is 35.5. The summed E-state index contributed by atoms with van der Waals surface area (Å²) < 4.78 is 26.0. The number of nitrogens with one attached hydrogen (secondary N) is 2. The van der Waals surface area contributed by atoms with Crippen molar-refractivity contribution in [2.24, 2.45) is 0 Å². The molecule has 4 rings (SSSR count). The maximum atomic E-state index is 14.4. The first kappa shape index (κ1) is 20.2. The molecule has 0 saturated heterocycles. The predicted octanol–water partition coefficient (Wildman–Crippen LogP) is 3.28. The van der Waals surface area contributed by atoms with Crippen LogP contribution in [0.25, 0.3) is 22.4 Å². The van der Waals surface area contributed by atoms with Crippen LogP contribution in [0.15, 0.2) is 24.7 Å². The van der Waals surface area contributed by atoms with Crippen molar-refractivity contribution in [3.05, 3.63) is 35.5 Å². The molecule has 0 amide bonds. The van der Waals surface area contributed by atoms with Crippen molar-refractivity contribution >= 4 is 39.3 Å². The van der Waals surface area contributed by atoms with Crippen molar-refractivity contribution in [3.63, 3.8) is 0 Å². The maximum Gasteiger partial charge on any atom is 0.183 e. The minimum Gasteiger partial charge on any atom is -0.389 e. The first-order valence-corrected chi connectivity index (χ1v) is 11.4. The van der Waals surface area contributed by atoms with Gasteiger partial charge in [0.1, 0.15) is 5.65 Å². The van der Waals surface area contributed by atoms with Gasteiger partial charge in [0, 0.05) is 46.4 Å². The molecule has 3 heterocycles. The van der Waals surface area contributed by atoms with Crippen LogP contribution < -0.4 is 5.32 Å². The molecule has 3 N–H and O–H groups in total. The standard InChI is InChI=1S/C19H21ClFN5O2S/c1-29(28)10-19(27)4-2-3-12(6-19)25-18-15(21)9-24-17(26-18)14-8-23-16-13(14)5-11(20)7-22-16/h5,7-9,12,27H,2-4,6,10H2,1H3,(H,22,23)(H,24,25,26)/t12-,19?,29?/m1/s1. The van der Waals surface area contributed by atoms with Crippen LogP contribution in [0, 0.1) is 5.82 Å². The van der Waals surface area contributed by atoms with Crippen molar-refractivity contribution < 1.29 is 13.7 Å². The number of hydrogen-bond donors (Lipinski definition) is 3. The van der Waals surface area contributed by atoms with Gasteiger partial charge in [-0.25, -0.2) is 19.3 Å². The van der Waals surface area contributed by atoms with Crippen molar-refractivity contribution in [1.82, 2.24) is 19.9 Å². The summed E-state index contributed by atoms with van der Waals surface area (Å²) in [6.07, 6.45) is 8.45. The van der Waals surface area contributed by atoms with E-state index in [-0.39, 0.29) is 17.6 Å². The van der Waals surface area contributed by atoms with Gasteiger partial charge < -0.3 is 15.4 Å². The monoisotopic (exact) mass is 437 g/mol. The number of hydrogen-bond acceptors (Lipinski definition) is 6. The van der Waals surface area contributed by atoms with Gasteiger partial charge in [-0.1, -0.05) is 11.6 Å². The number of halogens is 2. The highest BCUT2D eigenvalue weighted by molar-refractivity contribution is 7.84. The first-order chi connectivity index (χ1) is 13.8. The van der Waals surface area contributed by atoms with E-state index in [0.29, 0.717) is 34.9 Å². The van der Waals surface area contributed by atoms with Gasteiger partial charge in [-0.2, -0.15) is 0 Å². The van der Waals surface area contributed by atoms with Gasteiger partial charge in [0.2, 0.25) is 0 Å². The lowest BCUT2D eigenvalue weighted by Crippen LogP contribution is -2.44. The average Bonchev–Trinajstić information content (AvgIpc) is 3.05. The van der Waals surface area contributed by atoms with E-state index in [0.717, 1.165) is 24.4 Å². The molecule has 29 heavy (non-hydrogen) atoms. The molecule has 3 atom stereocenters. The minimum atomic E-state index is -1.11. The smallest absolute Gasteiger partial charge is 0.183 e. The van der Waals surface area contributed by atoms with Crippen LogP contribution >= 0.6 is 11.6 Å². The Morgan fingerprint density at radius 1 is 1.45 bits per heavy atom. The van der Waals surface area contributed by atoms with Gasteiger partial charge in [0.25, 0.3) is 0 Å². The van der Waals surface area contributed by atoms with Crippen LogP contribution in [0.2, 0.25) is 5.02 Å². The zero-order chi connectivity index (χ0) is 20.6. The van der Waals surface area contributed by atoms with Crippen LogP contribution in [-0.4, -0.2) is 52.9 Å². The summed E-state index contributed by atoms with van der Waals surface area (Å²) in [6, 6.07) is 1.58. The Hall–Kier alpha value is -2.10. The summed E-state index contributed by atoms with van der Waals surface area (Å²) >= 11 is 6.05. The van der Waals surface area contributed by atoms with E-state index in [1.54, 1.807) is 18.5 Å². The summed E-state index contributed by atoms with van der Waals surface area (Å²) in [5.74, 6) is 0.0558. The number of anilines is 1. The number of aliphatic hydroxyl groups is 1. The number of nitrogens with zero attached hydrogens (tertiary/aromatic N) is 3. The van der Waals surface area contributed by atoms with Crippen molar-refractivity contribution in [1.29, 1.82) is 0 Å². The lowest BCUT2D eigenvalue weighted by Gasteiger charge is -2.36. The molecule has 3 aromatic heterocycles. The molecule has 0 aliphatic heterocycles. The molecule has 0 bridgehead atoms. The fourth-order valence-corrected chi connectivity index (χ4v) is 5.10. The number of H-pyrrole nitrogens is 1. The van der Waals surface area contributed by atoms with E-state index in [9.17, 15) is 13.7 Å². The normalized spacial score (nSPS) is 23.2. The number of fused-ring (bicyclic) bond motifs is 1. The summed E-state index contributed by atoms with van der Waals surface area (Å²) in [5, 5.41) is 15.1. The second kappa shape index (κ2) is 7.97. The van der Waals surface area contributed by atoms with Crippen molar-refractivity contribution in [2.45, 2.75) is 37.3 Å². The van der Waals surface area contributed by atoms with E-state index >= 15 is 0 Å². The summed E-state index contributed by atoms with van der Waals surface area (Å²) in [7, 11) is -1.11. The Labute approximate surface area is 174 Å². The molecule has 7 nitrogen and oxygen atoms in total. The largest absolute Gasteiger partial charge is 0.389 e. The van der Waals surface area contributed by atoms with Gasteiger partial charge in [-0.3, -0.25) is 4.21 Å². The third-order valence-corrected chi connectivity index (χ3v) is 6.27. The number of pyridine rings is 1. The summed E-state index contributed by atoms with van der Waals surface area (Å²) in [6.45, 7) is 0. The molecule has 3 aromatic rings. The number of aromatic nitrogens is 4. The van der Waals surface area contributed by atoms with Gasteiger partial charge in [-0.15, -0.1) is 0 Å². The summed E-state index contributed by atoms with van der Waals surface area (Å²) in [4.78, 5) is 15.7. The number of aromatic amines is 1. The highest BCUT2D eigenvalue weighted by Gasteiger charge is 2.35. The second-order valence-electron chi connectivity index (χ2n) is 7.52. The molecular formula is C19H21ClFN5O2S. The van der Waals surface area contributed by atoms with Gasteiger partial charge in [-0.05, 0) is 31.7 Å². The predicted molar refractivity (Wildman–Crippen MR) is 112 cm³/mol. The van der Waals surface area contributed by atoms with Gasteiger partial charge in [0.05, 0.1) is 22.6 Å². The van der Waals surface area contributed by atoms with Crippen molar-refractivity contribution in [2.75, 3.05) is 17.3 Å². The Morgan fingerprint density at radius 3 is 3.07 bits per heavy atom. The van der Waals surface area contributed by atoms with E-state index in [1.165, 1.54) is 6.20 Å². The second-order valence-corrected chi connectivity index (χ2v) is 9.39. The van der Waals surface area contributed by atoms with Gasteiger partial charge in [0.15, 0.2) is 17.5 Å². The van der Waals surface area contributed by atoms with Crippen LogP contribution in [-0.2, 0) is 10.8 Å². The molecule has 1 saturated carbocycles. The molecule has 1 aliphatic carbocycles. The fourth-order valence-electron chi connectivity index (χ4n) is 3.93. The van der Waals surface area contributed by atoms with Crippen LogP contribution in [0.3, 0.4) is 0 Å². The molecule has 154 valence electrons. The molecule has 1 fully saturated rings. The number of rotatable bonds is 5. The molecule has 2 unspecified atom stereocenters. The summed E-state index contributed by atoms with van der Waals surface area (Å²) in [5.41, 5.74) is 0.289. The van der Waals surface area contributed by atoms with Gasteiger partial charge >= 0.3 is 0 Å². The van der Waals surface area contributed by atoms with Crippen LogP contribution in [0.4, 0.5) is 10.2 Å². The molecule has 1 aliphatic rings. The molecule has 0 radical (unpaired) electrons. The van der Waals surface area contributed by atoms with E-state index in [1.807, 2.05) is 0 Å². The third-order valence-electron chi connectivity index (χ3n) is 5.12. The molecule has 0 spiro atoms.